The minimum Gasteiger partial charge on any atom is -0.490 e. The van der Waals surface area contributed by atoms with Crippen molar-refractivity contribution in [3.8, 4) is 11.5 Å². The summed E-state index contributed by atoms with van der Waals surface area (Å²) in [4.78, 5) is 4.38. The lowest BCUT2D eigenvalue weighted by Crippen LogP contribution is -2.33. The first-order valence-corrected chi connectivity index (χ1v) is 8.27. The summed E-state index contributed by atoms with van der Waals surface area (Å²) >= 11 is 0. The van der Waals surface area contributed by atoms with Crippen LogP contribution in [-0.4, -0.2) is 25.7 Å². The van der Waals surface area contributed by atoms with E-state index in [0.717, 1.165) is 36.4 Å². The maximum absolute atomic E-state index is 5.93. The van der Waals surface area contributed by atoms with Crippen molar-refractivity contribution in [1.82, 2.24) is 5.32 Å². The number of fused-ring (bicyclic) bond motifs is 1. The van der Waals surface area contributed by atoms with Crippen LogP contribution >= 0.6 is 24.0 Å². The van der Waals surface area contributed by atoms with E-state index in [4.69, 9.17) is 15.2 Å². The van der Waals surface area contributed by atoms with E-state index >= 15 is 0 Å². The summed E-state index contributed by atoms with van der Waals surface area (Å²) in [7, 11) is 0. The molecule has 0 aromatic heterocycles. The highest BCUT2D eigenvalue weighted by Crippen LogP contribution is 2.30. The van der Waals surface area contributed by atoms with Gasteiger partial charge in [-0.1, -0.05) is 36.4 Å². The number of hydrogen-bond donors (Lipinski definition) is 2. The zero-order valence-electron chi connectivity index (χ0n) is 14.1. The highest BCUT2D eigenvalue weighted by atomic mass is 127. The van der Waals surface area contributed by atoms with Gasteiger partial charge in [0.1, 0.15) is 0 Å². The largest absolute Gasteiger partial charge is 0.490 e. The van der Waals surface area contributed by atoms with Crippen LogP contribution in [-0.2, 0) is 13.0 Å². The summed E-state index contributed by atoms with van der Waals surface area (Å²) in [5, 5.41) is 3.15. The number of nitrogens with two attached hydrogens (primary N) is 1. The molecule has 0 aliphatic carbocycles. The Hall–Kier alpha value is -1.96. The normalized spacial score (nSPS) is 13.5. The molecule has 6 heteroatoms. The Morgan fingerprint density at radius 2 is 1.76 bits per heavy atom. The van der Waals surface area contributed by atoms with Gasteiger partial charge in [-0.05, 0) is 29.7 Å². The molecule has 0 unspecified atom stereocenters. The van der Waals surface area contributed by atoms with E-state index in [1.54, 1.807) is 0 Å². The van der Waals surface area contributed by atoms with Crippen LogP contribution in [0.1, 0.15) is 17.5 Å². The SMILES string of the molecule is I.NC(=NCc1ccc2c(c1)OCCCO2)NCCc1ccccc1. The predicted molar refractivity (Wildman–Crippen MR) is 111 cm³/mol. The molecule has 1 aliphatic heterocycles. The van der Waals surface area contributed by atoms with E-state index in [1.807, 2.05) is 36.4 Å². The van der Waals surface area contributed by atoms with E-state index in [1.165, 1.54) is 5.56 Å². The molecule has 2 aromatic carbocycles. The number of rotatable bonds is 5. The molecular weight excluding hydrogens is 429 g/mol. The molecule has 134 valence electrons. The lowest BCUT2D eigenvalue weighted by Gasteiger charge is -2.09. The van der Waals surface area contributed by atoms with Crippen molar-refractivity contribution >= 4 is 29.9 Å². The van der Waals surface area contributed by atoms with Crippen molar-refractivity contribution in [2.45, 2.75) is 19.4 Å². The van der Waals surface area contributed by atoms with E-state index in [-0.39, 0.29) is 24.0 Å². The zero-order chi connectivity index (χ0) is 16.6. The first kappa shape index (κ1) is 19.4. The Kier molecular flexibility index (Phi) is 7.84. The molecule has 0 fully saturated rings. The third-order valence-electron chi connectivity index (χ3n) is 3.81. The van der Waals surface area contributed by atoms with Crippen molar-refractivity contribution in [1.29, 1.82) is 0 Å². The number of guanidine groups is 1. The number of nitrogens with one attached hydrogen (secondary N) is 1. The molecule has 25 heavy (non-hydrogen) atoms. The minimum atomic E-state index is 0. The van der Waals surface area contributed by atoms with Crippen LogP contribution in [0.15, 0.2) is 53.5 Å². The van der Waals surface area contributed by atoms with Gasteiger partial charge in [0.2, 0.25) is 0 Å². The maximum atomic E-state index is 5.93. The van der Waals surface area contributed by atoms with Gasteiger partial charge in [-0.3, -0.25) is 0 Å². The molecule has 1 aliphatic rings. The summed E-state index contributed by atoms with van der Waals surface area (Å²) < 4.78 is 11.3. The Bertz CT molecular complexity index is 692. The van der Waals surface area contributed by atoms with Gasteiger partial charge >= 0.3 is 0 Å². The minimum absolute atomic E-state index is 0. The van der Waals surface area contributed by atoms with Crippen molar-refractivity contribution in [2.24, 2.45) is 10.7 Å². The third kappa shape index (κ3) is 6.12. The molecule has 3 rings (SSSR count). The van der Waals surface area contributed by atoms with Crippen molar-refractivity contribution in [2.75, 3.05) is 19.8 Å². The van der Waals surface area contributed by atoms with Crippen LogP contribution in [0.25, 0.3) is 0 Å². The fourth-order valence-corrected chi connectivity index (χ4v) is 2.52. The standard InChI is InChI=1S/C19H23N3O2.HI/c20-19(21-10-9-15-5-2-1-3-6-15)22-14-16-7-8-17-18(13-16)24-12-4-11-23-17;/h1-3,5-8,13H,4,9-12,14H2,(H3,20,21,22);1H. The van der Waals surface area contributed by atoms with Crippen LogP contribution in [0.5, 0.6) is 11.5 Å². The second-order valence-electron chi connectivity index (χ2n) is 5.70. The van der Waals surface area contributed by atoms with Crippen LogP contribution in [0.3, 0.4) is 0 Å². The molecule has 2 aromatic rings. The topological polar surface area (TPSA) is 68.9 Å². The Balaban J connectivity index is 0.00000225. The molecule has 0 spiro atoms. The quantitative estimate of drug-likeness (QED) is 0.415. The van der Waals surface area contributed by atoms with E-state index in [0.29, 0.717) is 25.7 Å². The van der Waals surface area contributed by atoms with Crippen LogP contribution in [0, 0.1) is 0 Å². The molecule has 0 amide bonds. The smallest absolute Gasteiger partial charge is 0.188 e. The number of halogens is 1. The highest BCUT2D eigenvalue weighted by Gasteiger charge is 2.10. The monoisotopic (exact) mass is 453 g/mol. The average molecular weight is 453 g/mol. The fraction of sp³-hybridized carbons (Fsp3) is 0.316. The molecule has 3 N–H and O–H groups in total. The van der Waals surface area contributed by atoms with Crippen LogP contribution < -0.4 is 20.5 Å². The second-order valence-corrected chi connectivity index (χ2v) is 5.70. The number of ether oxygens (including phenoxy) is 2. The van der Waals surface area contributed by atoms with Gasteiger partial charge in [0.25, 0.3) is 0 Å². The van der Waals surface area contributed by atoms with Crippen molar-refractivity contribution < 1.29 is 9.47 Å². The van der Waals surface area contributed by atoms with Gasteiger partial charge in [0.15, 0.2) is 17.5 Å². The predicted octanol–water partition coefficient (Wildman–Crippen LogP) is 3.11. The number of nitrogens with zero attached hydrogens (tertiary/aromatic N) is 1. The molecule has 5 nitrogen and oxygen atoms in total. The van der Waals surface area contributed by atoms with Gasteiger partial charge in [0, 0.05) is 13.0 Å². The van der Waals surface area contributed by atoms with Crippen LogP contribution in [0.4, 0.5) is 0 Å². The first-order valence-electron chi connectivity index (χ1n) is 8.27. The number of hydrogen-bond acceptors (Lipinski definition) is 3. The zero-order valence-corrected chi connectivity index (χ0v) is 16.4. The van der Waals surface area contributed by atoms with Gasteiger partial charge < -0.3 is 20.5 Å². The Morgan fingerprint density at radius 3 is 2.56 bits per heavy atom. The Morgan fingerprint density at radius 1 is 1.00 bits per heavy atom. The molecule has 1 heterocycles. The molecular formula is C19H24IN3O2. The fourth-order valence-electron chi connectivity index (χ4n) is 2.52. The van der Waals surface area contributed by atoms with Crippen LogP contribution in [0.2, 0.25) is 0 Å². The van der Waals surface area contributed by atoms with Gasteiger partial charge in [-0.2, -0.15) is 0 Å². The molecule has 0 bridgehead atoms. The summed E-state index contributed by atoms with van der Waals surface area (Å²) in [6.07, 6.45) is 1.82. The second kappa shape index (κ2) is 10.1. The van der Waals surface area contributed by atoms with E-state index in [2.05, 4.69) is 22.4 Å². The summed E-state index contributed by atoms with van der Waals surface area (Å²) in [6.45, 7) is 2.66. The maximum Gasteiger partial charge on any atom is 0.188 e. The average Bonchev–Trinajstić information content (AvgIpc) is 2.86. The van der Waals surface area contributed by atoms with Gasteiger partial charge in [0.05, 0.1) is 19.8 Å². The van der Waals surface area contributed by atoms with Gasteiger partial charge in [-0.25, -0.2) is 4.99 Å². The molecule has 0 radical (unpaired) electrons. The summed E-state index contributed by atoms with van der Waals surface area (Å²) in [5.74, 6) is 2.04. The molecule has 0 saturated heterocycles. The lowest BCUT2D eigenvalue weighted by atomic mass is 10.1. The number of aliphatic imine (C=N–C) groups is 1. The summed E-state index contributed by atoms with van der Waals surface area (Å²) in [5.41, 5.74) is 8.26. The van der Waals surface area contributed by atoms with Crippen molar-refractivity contribution in [3.05, 3.63) is 59.7 Å². The molecule has 0 saturated carbocycles. The van der Waals surface area contributed by atoms with E-state index < -0.39 is 0 Å². The van der Waals surface area contributed by atoms with E-state index in [9.17, 15) is 0 Å². The highest BCUT2D eigenvalue weighted by molar-refractivity contribution is 14.0. The Labute approximate surface area is 165 Å². The molecule has 0 atom stereocenters. The van der Waals surface area contributed by atoms with Crippen molar-refractivity contribution in [3.63, 3.8) is 0 Å². The lowest BCUT2D eigenvalue weighted by molar-refractivity contribution is 0.297. The first-order chi connectivity index (χ1) is 11.8. The third-order valence-corrected chi connectivity index (χ3v) is 3.81. The van der Waals surface area contributed by atoms with Gasteiger partial charge in [-0.15, -0.1) is 24.0 Å². The summed E-state index contributed by atoms with van der Waals surface area (Å²) in [6, 6.07) is 16.2. The number of benzene rings is 2.